The number of ether oxygens (including phenoxy) is 1. The summed E-state index contributed by atoms with van der Waals surface area (Å²) in [6.45, 7) is 1.57. The molecule has 0 aliphatic carbocycles. The van der Waals surface area contributed by atoms with E-state index in [1.165, 1.54) is 0 Å². The van der Waals surface area contributed by atoms with Gasteiger partial charge >= 0.3 is 0 Å². The number of aromatic amines is 1. The van der Waals surface area contributed by atoms with E-state index in [-0.39, 0.29) is 6.04 Å². The zero-order valence-electron chi connectivity index (χ0n) is 9.83. The molecule has 92 valence electrons. The van der Waals surface area contributed by atoms with Crippen molar-refractivity contribution in [1.82, 2.24) is 25.0 Å². The molecule has 0 bridgehead atoms. The van der Waals surface area contributed by atoms with Crippen molar-refractivity contribution in [2.45, 2.75) is 18.9 Å². The number of nitrogens with zero attached hydrogens (tertiary/aromatic N) is 4. The standard InChI is InChI=1S/C12H13N5O/c1-2-8(7-18-5-1)17-11-9-3-4-13-12(9)14-6-10(11)15-16-17/h3-4,6,8H,1-2,5,7H2,(H,13,14). The summed E-state index contributed by atoms with van der Waals surface area (Å²) in [7, 11) is 0. The van der Waals surface area contributed by atoms with E-state index in [0.717, 1.165) is 41.5 Å². The fraction of sp³-hybridized carbons (Fsp3) is 0.417. The van der Waals surface area contributed by atoms with Crippen molar-refractivity contribution < 1.29 is 4.74 Å². The Morgan fingerprint density at radius 2 is 2.44 bits per heavy atom. The van der Waals surface area contributed by atoms with Crippen molar-refractivity contribution in [2.75, 3.05) is 13.2 Å². The molecule has 1 N–H and O–H groups in total. The highest BCUT2D eigenvalue weighted by molar-refractivity contribution is 6.00. The molecule has 3 aromatic rings. The van der Waals surface area contributed by atoms with Gasteiger partial charge in [-0.2, -0.15) is 0 Å². The maximum absolute atomic E-state index is 5.54. The zero-order chi connectivity index (χ0) is 11.9. The molecule has 1 atom stereocenters. The minimum Gasteiger partial charge on any atom is -0.379 e. The fourth-order valence-electron chi connectivity index (χ4n) is 2.61. The maximum Gasteiger partial charge on any atom is 0.139 e. The first-order chi connectivity index (χ1) is 8.93. The van der Waals surface area contributed by atoms with E-state index in [0.29, 0.717) is 6.61 Å². The number of aromatic nitrogens is 5. The van der Waals surface area contributed by atoms with Crippen LogP contribution in [0.1, 0.15) is 18.9 Å². The third-order valence-corrected chi connectivity index (χ3v) is 3.50. The third kappa shape index (κ3) is 1.35. The molecule has 0 aromatic carbocycles. The minimum absolute atomic E-state index is 0.282. The summed E-state index contributed by atoms with van der Waals surface area (Å²) in [6, 6.07) is 2.30. The van der Waals surface area contributed by atoms with Crippen LogP contribution >= 0.6 is 0 Å². The molecule has 0 spiro atoms. The molecule has 1 saturated heterocycles. The van der Waals surface area contributed by atoms with Crippen molar-refractivity contribution in [3.63, 3.8) is 0 Å². The molecule has 4 rings (SSSR count). The van der Waals surface area contributed by atoms with Crippen LogP contribution in [0.3, 0.4) is 0 Å². The Morgan fingerprint density at radius 3 is 3.33 bits per heavy atom. The monoisotopic (exact) mass is 243 g/mol. The molecule has 1 aliphatic rings. The Bertz CT molecular complexity index is 695. The lowest BCUT2D eigenvalue weighted by Gasteiger charge is -2.22. The first-order valence-electron chi connectivity index (χ1n) is 6.18. The van der Waals surface area contributed by atoms with Crippen LogP contribution in [0.2, 0.25) is 0 Å². The van der Waals surface area contributed by atoms with Gasteiger partial charge in [-0.25, -0.2) is 9.67 Å². The first kappa shape index (κ1) is 10.0. The van der Waals surface area contributed by atoms with E-state index in [1.54, 1.807) is 6.20 Å². The van der Waals surface area contributed by atoms with Crippen LogP contribution in [0.15, 0.2) is 18.5 Å². The fourth-order valence-corrected chi connectivity index (χ4v) is 2.61. The van der Waals surface area contributed by atoms with Gasteiger partial charge < -0.3 is 9.72 Å². The van der Waals surface area contributed by atoms with Gasteiger partial charge in [0.15, 0.2) is 0 Å². The molecule has 4 heterocycles. The molecular weight excluding hydrogens is 230 g/mol. The highest BCUT2D eigenvalue weighted by Crippen LogP contribution is 2.27. The number of rotatable bonds is 1. The topological polar surface area (TPSA) is 68.6 Å². The molecule has 1 aliphatic heterocycles. The summed E-state index contributed by atoms with van der Waals surface area (Å²) in [5.74, 6) is 0. The summed E-state index contributed by atoms with van der Waals surface area (Å²) < 4.78 is 7.53. The molecule has 6 nitrogen and oxygen atoms in total. The van der Waals surface area contributed by atoms with Gasteiger partial charge in [0, 0.05) is 18.2 Å². The summed E-state index contributed by atoms with van der Waals surface area (Å²) in [5, 5.41) is 9.56. The van der Waals surface area contributed by atoms with E-state index < -0.39 is 0 Å². The molecule has 0 amide bonds. The van der Waals surface area contributed by atoms with Gasteiger partial charge in [-0.05, 0) is 18.9 Å². The lowest BCUT2D eigenvalue weighted by molar-refractivity contribution is 0.0559. The van der Waals surface area contributed by atoms with Crippen LogP contribution in [-0.4, -0.2) is 38.2 Å². The second-order valence-corrected chi connectivity index (χ2v) is 4.64. The summed E-state index contributed by atoms with van der Waals surface area (Å²) >= 11 is 0. The molecule has 6 heteroatoms. The highest BCUT2D eigenvalue weighted by atomic mass is 16.5. The molecule has 1 unspecified atom stereocenters. The van der Waals surface area contributed by atoms with Gasteiger partial charge in [0.05, 0.1) is 18.8 Å². The predicted octanol–water partition coefficient (Wildman–Crippen LogP) is 1.66. The second-order valence-electron chi connectivity index (χ2n) is 4.64. The quantitative estimate of drug-likeness (QED) is 0.705. The number of fused-ring (bicyclic) bond motifs is 3. The van der Waals surface area contributed by atoms with Crippen LogP contribution in [-0.2, 0) is 4.74 Å². The molecule has 1 fully saturated rings. The van der Waals surface area contributed by atoms with Gasteiger partial charge in [0.1, 0.15) is 16.7 Å². The van der Waals surface area contributed by atoms with Crippen LogP contribution < -0.4 is 0 Å². The van der Waals surface area contributed by atoms with Gasteiger partial charge in [0.2, 0.25) is 0 Å². The molecule has 0 saturated carbocycles. The SMILES string of the molecule is c1cc2c(ncc3nnn(C4CCCOC4)c32)[nH]1. The largest absolute Gasteiger partial charge is 0.379 e. The summed E-state index contributed by atoms with van der Waals surface area (Å²) in [5.41, 5.74) is 2.77. The maximum atomic E-state index is 5.54. The van der Waals surface area contributed by atoms with Gasteiger partial charge in [-0.3, -0.25) is 0 Å². The Labute approximate surface area is 103 Å². The van der Waals surface area contributed by atoms with E-state index in [9.17, 15) is 0 Å². The lowest BCUT2D eigenvalue weighted by Crippen LogP contribution is -2.22. The summed E-state index contributed by atoms with van der Waals surface area (Å²) in [4.78, 5) is 7.45. The van der Waals surface area contributed by atoms with Crippen molar-refractivity contribution in [3.8, 4) is 0 Å². The van der Waals surface area contributed by atoms with Crippen molar-refractivity contribution in [3.05, 3.63) is 18.5 Å². The number of pyridine rings is 1. The summed E-state index contributed by atoms with van der Waals surface area (Å²) in [6.07, 6.45) is 5.83. The Balaban J connectivity index is 1.96. The van der Waals surface area contributed by atoms with E-state index in [4.69, 9.17) is 4.74 Å². The van der Waals surface area contributed by atoms with Crippen LogP contribution in [0.4, 0.5) is 0 Å². The van der Waals surface area contributed by atoms with Gasteiger partial charge in [-0.15, -0.1) is 5.10 Å². The zero-order valence-corrected chi connectivity index (χ0v) is 9.83. The Hall–Kier alpha value is -1.95. The van der Waals surface area contributed by atoms with Crippen LogP contribution in [0.25, 0.3) is 22.1 Å². The van der Waals surface area contributed by atoms with Gasteiger partial charge in [-0.1, -0.05) is 5.21 Å². The Kier molecular flexibility index (Phi) is 2.10. The average molecular weight is 243 g/mol. The number of hydrogen-bond donors (Lipinski definition) is 1. The number of hydrogen-bond acceptors (Lipinski definition) is 4. The number of H-pyrrole nitrogens is 1. The lowest BCUT2D eigenvalue weighted by atomic mass is 10.1. The normalized spacial score (nSPS) is 20.8. The number of nitrogens with one attached hydrogen (secondary N) is 1. The van der Waals surface area contributed by atoms with E-state index >= 15 is 0 Å². The Morgan fingerprint density at radius 1 is 1.44 bits per heavy atom. The van der Waals surface area contributed by atoms with Crippen molar-refractivity contribution in [1.29, 1.82) is 0 Å². The predicted molar refractivity (Wildman–Crippen MR) is 66.3 cm³/mol. The van der Waals surface area contributed by atoms with Gasteiger partial charge in [0.25, 0.3) is 0 Å². The van der Waals surface area contributed by atoms with E-state index in [2.05, 4.69) is 20.3 Å². The molecule has 18 heavy (non-hydrogen) atoms. The van der Waals surface area contributed by atoms with Crippen LogP contribution in [0.5, 0.6) is 0 Å². The smallest absolute Gasteiger partial charge is 0.139 e. The van der Waals surface area contributed by atoms with Crippen molar-refractivity contribution in [2.24, 2.45) is 0 Å². The highest BCUT2D eigenvalue weighted by Gasteiger charge is 2.20. The third-order valence-electron chi connectivity index (χ3n) is 3.50. The van der Waals surface area contributed by atoms with Crippen LogP contribution in [0, 0.1) is 0 Å². The van der Waals surface area contributed by atoms with Crippen molar-refractivity contribution >= 4 is 22.1 Å². The molecule has 3 aromatic heterocycles. The molecule has 0 radical (unpaired) electrons. The molecular formula is C12H13N5O. The first-order valence-corrected chi connectivity index (χ1v) is 6.18. The minimum atomic E-state index is 0.282. The average Bonchev–Trinajstić information content (AvgIpc) is 3.05. The van der Waals surface area contributed by atoms with E-state index in [1.807, 2.05) is 16.9 Å². The second kappa shape index (κ2) is 3.78.